The topological polar surface area (TPSA) is 70.8 Å². The summed E-state index contributed by atoms with van der Waals surface area (Å²) in [5, 5.41) is 0. The minimum atomic E-state index is -0.742. The van der Waals surface area contributed by atoms with Gasteiger partial charge in [-0.15, -0.1) is 0 Å². The van der Waals surface area contributed by atoms with E-state index in [2.05, 4.69) is 13.8 Å². The van der Waals surface area contributed by atoms with Gasteiger partial charge in [0.25, 0.3) is 0 Å². The molecular weight excluding hydrogens is 306 g/mol. The van der Waals surface area contributed by atoms with Crippen molar-refractivity contribution in [2.75, 3.05) is 13.2 Å². The van der Waals surface area contributed by atoms with Crippen molar-refractivity contribution in [2.45, 2.75) is 51.9 Å². The Bertz CT molecular complexity index is 505. The fraction of sp³-hybridized carbons (Fsp3) is 0.632. The minimum absolute atomic E-state index is 0.0573. The predicted octanol–water partition coefficient (Wildman–Crippen LogP) is 2.78. The Morgan fingerprint density at radius 2 is 1.96 bits per heavy atom. The van der Waals surface area contributed by atoms with Crippen LogP contribution in [0.4, 0.5) is 0 Å². The smallest absolute Gasteiger partial charge is 0.325 e. The lowest BCUT2D eigenvalue weighted by atomic mass is 9.89. The first-order chi connectivity index (χ1) is 11.5. The zero-order valence-corrected chi connectivity index (χ0v) is 14.8. The van der Waals surface area contributed by atoms with E-state index in [0.29, 0.717) is 12.5 Å². The molecule has 0 spiro atoms. The average molecular weight is 335 g/mol. The second-order valence-electron chi connectivity index (χ2n) is 6.89. The molecule has 2 rings (SSSR count). The molecule has 2 N–H and O–H groups in total. The summed E-state index contributed by atoms with van der Waals surface area (Å²) in [6.45, 7) is 6.84. The van der Waals surface area contributed by atoms with E-state index in [1.54, 1.807) is 0 Å². The second-order valence-corrected chi connectivity index (χ2v) is 6.89. The van der Waals surface area contributed by atoms with Crippen LogP contribution < -0.4 is 10.5 Å². The summed E-state index contributed by atoms with van der Waals surface area (Å²) >= 11 is 0. The third-order valence-electron chi connectivity index (χ3n) is 4.37. The Morgan fingerprint density at radius 3 is 2.62 bits per heavy atom. The number of carbonyl (C=O) groups is 1. The van der Waals surface area contributed by atoms with Gasteiger partial charge in [-0.3, -0.25) is 4.79 Å². The predicted molar refractivity (Wildman–Crippen MR) is 92.8 cm³/mol. The Hall–Kier alpha value is -1.59. The number of cyclic esters (lactones) is 1. The third-order valence-corrected chi connectivity index (χ3v) is 4.37. The van der Waals surface area contributed by atoms with Gasteiger partial charge in [-0.1, -0.05) is 38.5 Å². The molecule has 1 saturated heterocycles. The molecule has 5 heteroatoms. The Balaban J connectivity index is 2.17. The van der Waals surface area contributed by atoms with Crippen molar-refractivity contribution < 1.29 is 19.0 Å². The molecule has 0 aromatic heterocycles. The van der Waals surface area contributed by atoms with E-state index in [1.165, 1.54) is 0 Å². The molecule has 0 saturated carbocycles. The molecule has 0 aliphatic carbocycles. The summed E-state index contributed by atoms with van der Waals surface area (Å²) in [6, 6.07) is 8.94. The maximum atomic E-state index is 12.0. The van der Waals surface area contributed by atoms with Gasteiger partial charge in [0, 0.05) is 5.92 Å². The number of benzene rings is 1. The van der Waals surface area contributed by atoms with Crippen LogP contribution in [-0.4, -0.2) is 37.4 Å². The van der Waals surface area contributed by atoms with Crippen LogP contribution in [0.15, 0.2) is 30.3 Å². The van der Waals surface area contributed by atoms with Gasteiger partial charge in [0.1, 0.15) is 24.0 Å². The SMILES string of the molecule is CC(C)CC[C@H]1[C@H](C)OC(=O)[C@@H](N)COC[C@@H]1Oc1ccccc1. The number of rotatable bonds is 5. The van der Waals surface area contributed by atoms with Crippen LogP contribution >= 0.6 is 0 Å². The summed E-state index contributed by atoms with van der Waals surface area (Å²) in [5.74, 6) is 1.02. The van der Waals surface area contributed by atoms with Crippen molar-refractivity contribution in [3.63, 3.8) is 0 Å². The minimum Gasteiger partial charge on any atom is -0.488 e. The van der Waals surface area contributed by atoms with Crippen LogP contribution in [0.1, 0.15) is 33.6 Å². The van der Waals surface area contributed by atoms with Crippen molar-refractivity contribution in [1.82, 2.24) is 0 Å². The van der Waals surface area contributed by atoms with Gasteiger partial charge < -0.3 is 19.9 Å². The highest BCUT2D eigenvalue weighted by Gasteiger charge is 2.34. The molecule has 24 heavy (non-hydrogen) atoms. The summed E-state index contributed by atoms with van der Waals surface area (Å²) in [4.78, 5) is 12.0. The lowest BCUT2D eigenvalue weighted by Gasteiger charge is -2.31. The van der Waals surface area contributed by atoms with Crippen LogP contribution in [-0.2, 0) is 14.3 Å². The number of nitrogens with two attached hydrogens (primary N) is 1. The van der Waals surface area contributed by atoms with Crippen molar-refractivity contribution in [3.8, 4) is 5.75 Å². The molecule has 1 heterocycles. The van der Waals surface area contributed by atoms with Crippen LogP contribution in [0.5, 0.6) is 5.75 Å². The fourth-order valence-corrected chi connectivity index (χ4v) is 2.90. The molecule has 1 aliphatic rings. The lowest BCUT2D eigenvalue weighted by Crippen LogP contribution is -2.40. The highest BCUT2D eigenvalue weighted by molar-refractivity contribution is 5.75. The van der Waals surface area contributed by atoms with E-state index in [1.807, 2.05) is 37.3 Å². The van der Waals surface area contributed by atoms with E-state index in [-0.39, 0.29) is 24.7 Å². The van der Waals surface area contributed by atoms with Crippen LogP contribution in [0.3, 0.4) is 0 Å². The zero-order valence-electron chi connectivity index (χ0n) is 14.8. The number of ether oxygens (including phenoxy) is 3. The highest BCUT2D eigenvalue weighted by atomic mass is 16.6. The molecule has 5 nitrogen and oxygen atoms in total. The molecule has 0 unspecified atom stereocenters. The number of esters is 1. The molecule has 0 radical (unpaired) electrons. The van der Waals surface area contributed by atoms with E-state index in [9.17, 15) is 4.79 Å². The average Bonchev–Trinajstić information content (AvgIpc) is 2.58. The van der Waals surface area contributed by atoms with Gasteiger partial charge in [0.05, 0.1) is 13.2 Å². The Labute approximate surface area is 144 Å². The van der Waals surface area contributed by atoms with Gasteiger partial charge in [-0.25, -0.2) is 0 Å². The molecule has 4 atom stereocenters. The van der Waals surface area contributed by atoms with Crippen LogP contribution in [0.2, 0.25) is 0 Å². The molecule has 0 bridgehead atoms. The molecule has 1 aromatic rings. The Morgan fingerprint density at radius 1 is 1.25 bits per heavy atom. The van der Waals surface area contributed by atoms with Gasteiger partial charge in [-0.2, -0.15) is 0 Å². The van der Waals surface area contributed by atoms with Crippen molar-refractivity contribution in [3.05, 3.63) is 30.3 Å². The summed E-state index contributed by atoms with van der Waals surface area (Å²) in [5.41, 5.74) is 5.80. The largest absolute Gasteiger partial charge is 0.488 e. The molecular formula is C19H29NO4. The molecule has 0 amide bonds. The normalized spacial score (nSPS) is 28.6. The first-order valence-electron chi connectivity index (χ1n) is 8.73. The first-order valence-corrected chi connectivity index (χ1v) is 8.73. The molecule has 1 aromatic carbocycles. The van der Waals surface area contributed by atoms with Crippen molar-refractivity contribution >= 4 is 5.97 Å². The van der Waals surface area contributed by atoms with Crippen LogP contribution in [0, 0.1) is 11.8 Å². The third kappa shape index (κ3) is 5.49. The van der Waals surface area contributed by atoms with Gasteiger partial charge in [0.2, 0.25) is 0 Å². The highest BCUT2D eigenvalue weighted by Crippen LogP contribution is 2.27. The van der Waals surface area contributed by atoms with Crippen LogP contribution in [0.25, 0.3) is 0 Å². The van der Waals surface area contributed by atoms with Gasteiger partial charge in [-0.05, 0) is 31.4 Å². The van der Waals surface area contributed by atoms with E-state index >= 15 is 0 Å². The maximum Gasteiger partial charge on any atom is 0.325 e. The second kappa shape index (κ2) is 9.04. The number of hydrogen-bond donors (Lipinski definition) is 1. The zero-order chi connectivity index (χ0) is 17.5. The monoisotopic (exact) mass is 335 g/mol. The first kappa shape index (κ1) is 18.7. The standard InChI is InChI=1S/C19H29NO4/c1-13(2)9-10-16-14(3)23-19(21)17(20)11-22-12-18(16)24-15-7-5-4-6-8-15/h4-8,13-14,16-18H,9-12,20H2,1-3H3/t14-,16-,17-,18-/m0/s1. The molecule has 1 fully saturated rings. The van der Waals surface area contributed by atoms with Gasteiger partial charge in [0.15, 0.2) is 0 Å². The number of carbonyl (C=O) groups excluding carboxylic acids is 1. The molecule has 1 aliphatic heterocycles. The molecule has 134 valence electrons. The van der Waals surface area contributed by atoms with Gasteiger partial charge >= 0.3 is 5.97 Å². The fourth-order valence-electron chi connectivity index (χ4n) is 2.90. The number of para-hydroxylation sites is 1. The maximum absolute atomic E-state index is 12.0. The van der Waals surface area contributed by atoms with Crippen molar-refractivity contribution in [2.24, 2.45) is 17.6 Å². The quantitative estimate of drug-likeness (QED) is 0.838. The van der Waals surface area contributed by atoms with E-state index in [0.717, 1.165) is 18.6 Å². The lowest BCUT2D eigenvalue weighted by molar-refractivity contribution is -0.153. The van der Waals surface area contributed by atoms with Crippen molar-refractivity contribution in [1.29, 1.82) is 0 Å². The summed E-state index contributed by atoms with van der Waals surface area (Å²) in [7, 11) is 0. The Kier molecular flexibility index (Phi) is 7.06. The number of hydrogen-bond acceptors (Lipinski definition) is 5. The summed E-state index contributed by atoms with van der Waals surface area (Å²) < 4.78 is 17.4. The van der Waals surface area contributed by atoms with E-state index < -0.39 is 12.0 Å². The van der Waals surface area contributed by atoms with E-state index in [4.69, 9.17) is 19.9 Å². The summed E-state index contributed by atoms with van der Waals surface area (Å²) in [6.07, 6.45) is 1.49.